The third kappa shape index (κ3) is 5.31. The number of nitrogens with zero attached hydrogens (tertiary/aromatic N) is 4. The summed E-state index contributed by atoms with van der Waals surface area (Å²) in [6, 6.07) is 0. The Morgan fingerprint density at radius 3 is 2.61 bits per heavy atom. The van der Waals surface area contributed by atoms with Crippen molar-refractivity contribution < 1.29 is 13.2 Å². The van der Waals surface area contributed by atoms with Gasteiger partial charge in [-0.3, -0.25) is 14.2 Å². The summed E-state index contributed by atoms with van der Waals surface area (Å²) in [6.45, 7) is 8.30. The number of likely N-dealkylation sites (tertiary alicyclic amines) is 1. The number of thiophene rings is 1. The van der Waals surface area contributed by atoms with Crippen LogP contribution in [-0.4, -0.2) is 72.3 Å². The molecule has 0 saturated carbocycles. The summed E-state index contributed by atoms with van der Waals surface area (Å²) in [5, 5.41) is 2.96. The molecule has 2 aliphatic heterocycles. The van der Waals surface area contributed by atoms with Gasteiger partial charge in [-0.15, -0.1) is 11.3 Å². The van der Waals surface area contributed by atoms with Crippen LogP contribution in [0.2, 0.25) is 0 Å². The van der Waals surface area contributed by atoms with E-state index in [-0.39, 0.29) is 22.7 Å². The molecule has 0 atom stereocenters. The van der Waals surface area contributed by atoms with Crippen molar-refractivity contribution in [3.63, 3.8) is 0 Å². The summed E-state index contributed by atoms with van der Waals surface area (Å²) in [4.78, 5) is 33.4. The van der Waals surface area contributed by atoms with Crippen molar-refractivity contribution in [2.45, 2.75) is 57.4 Å². The van der Waals surface area contributed by atoms with Crippen molar-refractivity contribution in [3.05, 3.63) is 21.6 Å². The maximum Gasteiger partial charge on any atom is 0.263 e. The first-order chi connectivity index (χ1) is 15.8. The van der Waals surface area contributed by atoms with Crippen molar-refractivity contribution in [2.75, 3.05) is 39.3 Å². The van der Waals surface area contributed by atoms with Crippen LogP contribution in [0.25, 0.3) is 10.2 Å². The predicted molar refractivity (Wildman–Crippen MR) is 129 cm³/mol. The van der Waals surface area contributed by atoms with Crippen molar-refractivity contribution in [1.29, 1.82) is 0 Å². The molecule has 0 aliphatic carbocycles. The highest BCUT2D eigenvalue weighted by atomic mass is 32.2. The number of aryl methyl sites for hydroxylation is 1. The molecule has 2 saturated heterocycles. The fraction of sp³-hybridized carbons (Fsp3) is 0.682. The van der Waals surface area contributed by atoms with Crippen LogP contribution < -0.4 is 10.9 Å². The van der Waals surface area contributed by atoms with E-state index in [9.17, 15) is 18.0 Å². The largest absolute Gasteiger partial charge is 0.354 e. The van der Waals surface area contributed by atoms with Crippen molar-refractivity contribution in [3.8, 4) is 0 Å². The SMILES string of the molecule is Cc1sc2ncn(CC(=O)NCCCN3CCCC3)c(=O)c2c1S(=O)(=O)N1CCC(C)CC1. The van der Waals surface area contributed by atoms with E-state index in [0.717, 1.165) is 38.9 Å². The Morgan fingerprint density at radius 2 is 1.91 bits per heavy atom. The van der Waals surface area contributed by atoms with Crippen LogP contribution in [0.3, 0.4) is 0 Å². The van der Waals surface area contributed by atoms with E-state index >= 15 is 0 Å². The zero-order valence-corrected chi connectivity index (χ0v) is 21.0. The molecule has 33 heavy (non-hydrogen) atoms. The third-order valence-electron chi connectivity index (χ3n) is 6.63. The van der Waals surface area contributed by atoms with Crippen LogP contribution in [0.1, 0.15) is 43.9 Å². The topological polar surface area (TPSA) is 105 Å². The van der Waals surface area contributed by atoms with E-state index in [2.05, 4.69) is 22.1 Å². The van der Waals surface area contributed by atoms with Gasteiger partial charge in [-0.2, -0.15) is 4.31 Å². The molecule has 0 radical (unpaired) electrons. The number of amides is 1. The van der Waals surface area contributed by atoms with Gasteiger partial charge < -0.3 is 10.2 Å². The van der Waals surface area contributed by atoms with Crippen LogP contribution in [0.4, 0.5) is 0 Å². The van der Waals surface area contributed by atoms with E-state index in [1.165, 1.54) is 39.4 Å². The summed E-state index contributed by atoms with van der Waals surface area (Å²) in [6.07, 6.45) is 6.28. The van der Waals surface area contributed by atoms with E-state index < -0.39 is 15.6 Å². The lowest BCUT2D eigenvalue weighted by molar-refractivity contribution is -0.121. The molecule has 9 nitrogen and oxygen atoms in total. The molecule has 182 valence electrons. The Bertz CT molecular complexity index is 1160. The van der Waals surface area contributed by atoms with Crippen LogP contribution in [0, 0.1) is 12.8 Å². The maximum absolute atomic E-state index is 13.4. The zero-order chi connectivity index (χ0) is 23.6. The number of sulfonamides is 1. The Morgan fingerprint density at radius 1 is 1.21 bits per heavy atom. The highest BCUT2D eigenvalue weighted by Crippen LogP contribution is 2.34. The summed E-state index contributed by atoms with van der Waals surface area (Å²) < 4.78 is 29.6. The average molecular weight is 496 g/mol. The van der Waals surface area contributed by atoms with Gasteiger partial charge in [0.25, 0.3) is 5.56 Å². The van der Waals surface area contributed by atoms with Gasteiger partial charge in [0.15, 0.2) is 0 Å². The predicted octanol–water partition coefficient (Wildman–Crippen LogP) is 1.79. The molecule has 2 aliphatic rings. The highest BCUT2D eigenvalue weighted by molar-refractivity contribution is 7.89. The number of carbonyl (C=O) groups excluding carboxylic acids is 1. The van der Waals surface area contributed by atoms with Gasteiger partial charge in [0.1, 0.15) is 16.3 Å². The Kier molecular flexibility index (Phi) is 7.52. The minimum atomic E-state index is -3.81. The first-order valence-corrected chi connectivity index (χ1v) is 14.0. The van der Waals surface area contributed by atoms with E-state index in [0.29, 0.717) is 35.3 Å². The van der Waals surface area contributed by atoms with Gasteiger partial charge >= 0.3 is 0 Å². The Labute approximate surface area is 198 Å². The lowest BCUT2D eigenvalue weighted by Gasteiger charge is -2.29. The van der Waals surface area contributed by atoms with E-state index in [1.807, 2.05) is 0 Å². The monoisotopic (exact) mass is 495 g/mol. The lowest BCUT2D eigenvalue weighted by atomic mass is 10.0. The number of nitrogens with one attached hydrogen (secondary N) is 1. The van der Waals surface area contributed by atoms with Crippen LogP contribution in [0.5, 0.6) is 0 Å². The Balaban J connectivity index is 1.49. The van der Waals surface area contributed by atoms with E-state index in [1.54, 1.807) is 6.92 Å². The molecule has 11 heteroatoms. The lowest BCUT2D eigenvalue weighted by Crippen LogP contribution is -2.38. The van der Waals surface area contributed by atoms with Crippen LogP contribution in [0.15, 0.2) is 16.0 Å². The molecule has 0 unspecified atom stereocenters. The highest BCUT2D eigenvalue weighted by Gasteiger charge is 2.33. The normalized spacial score (nSPS) is 18.8. The van der Waals surface area contributed by atoms with Gasteiger partial charge in [0, 0.05) is 24.5 Å². The fourth-order valence-corrected chi connectivity index (χ4v) is 7.77. The number of rotatable bonds is 8. The molecule has 1 N–H and O–H groups in total. The molecule has 2 aromatic rings. The number of hydrogen-bond donors (Lipinski definition) is 1. The number of piperidine rings is 1. The first kappa shape index (κ1) is 24.3. The first-order valence-electron chi connectivity index (χ1n) is 11.7. The van der Waals surface area contributed by atoms with Gasteiger partial charge in [0.2, 0.25) is 15.9 Å². The zero-order valence-electron chi connectivity index (χ0n) is 19.4. The fourth-order valence-electron chi connectivity index (χ4n) is 4.64. The second-order valence-electron chi connectivity index (χ2n) is 9.18. The standard InChI is InChI=1S/C22H33N5O4S2/c1-16-6-12-27(13-7-16)33(30,31)20-17(2)32-21-19(20)22(29)26(15-24-21)14-18(28)23-8-5-11-25-9-3-4-10-25/h15-16H,3-14H2,1-2H3,(H,23,28). The average Bonchev–Trinajstić information content (AvgIpc) is 3.41. The summed E-state index contributed by atoms with van der Waals surface area (Å²) in [7, 11) is -3.81. The van der Waals surface area contributed by atoms with Gasteiger partial charge in [-0.05, 0) is 64.6 Å². The quantitative estimate of drug-likeness (QED) is 0.560. The molecule has 4 rings (SSSR count). The molecule has 4 heterocycles. The number of fused-ring (bicyclic) bond motifs is 1. The van der Waals surface area contributed by atoms with Crippen LogP contribution >= 0.6 is 11.3 Å². The van der Waals surface area contributed by atoms with Gasteiger partial charge in [0.05, 0.1) is 11.7 Å². The van der Waals surface area contributed by atoms with Crippen LogP contribution in [-0.2, 0) is 21.4 Å². The minimum Gasteiger partial charge on any atom is -0.354 e. The molecule has 2 aromatic heterocycles. The Hall–Kier alpha value is -1.82. The van der Waals surface area contributed by atoms with E-state index in [4.69, 9.17) is 0 Å². The number of carbonyl (C=O) groups is 1. The van der Waals surface area contributed by atoms with Crippen molar-refractivity contribution in [1.82, 2.24) is 24.1 Å². The molecule has 0 spiro atoms. The van der Waals surface area contributed by atoms with Gasteiger partial charge in [-0.1, -0.05) is 6.92 Å². The maximum atomic E-state index is 13.4. The molecular formula is C22H33N5O4S2. The van der Waals surface area contributed by atoms with Crippen molar-refractivity contribution >= 4 is 37.5 Å². The second-order valence-corrected chi connectivity index (χ2v) is 12.3. The number of aromatic nitrogens is 2. The smallest absolute Gasteiger partial charge is 0.263 e. The molecule has 0 aromatic carbocycles. The number of hydrogen-bond acceptors (Lipinski definition) is 7. The summed E-state index contributed by atoms with van der Waals surface area (Å²) in [5.41, 5.74) is -0.486. The molecule has 0 bridgehead atoms. The summed E-state index contributed by atoms with van der Waals surface area (Å²) in [5.74, 6) is 0.213. The minimum absolute atomic E-state index is 0.0509. The third-order valence-corrected chi connectivity index (χ3v) is 9.84. The molecule has 1 amide bonds. The van der Waals surface area contributed by atoms with Gasteiger partial charge in [-0.25, -0.2) is 13.4 Å². The second kappa shape index (κ2) is 10.2. The molecule has 2 fully saturated rings. The summed E-state index contributed by atoms with van der Waals surface area (Å²) >= 11 is 1.21. The van der Waals surface area contributed by atoms with Crippen molar-refractivity contribution in [2.24, 2.45) is 5.92 Å². The molecular weight excluding hydrogens is 462 g/mol.